The van der Waals surface area contributed by atoms with Crippen molar-refractivity contribution in [2.75, 3.05) is 20.1 Å². The summed E-state index contributed by atoms with van der Waals surface area (Å²) in [6, 6.07) is 0. The quantitative estimate of drug-likeness (QED) is 0.499. The summed E-state index contributed by atoms with van der Waals surface area (Å²) >= 11 is 4.97. The Morgan fingerprint density at radius 2 is 2.07 bits per heavy atom. The number of thiocarbonyl (C=S) groups is 1. The first kappa shape index (κ1) is 9.45. The number of likely N-dealkylation sites (tertiary alicyclic amines) is 1. The van der Waals surface area contributed by atoms with Crippen LogP contribution in [0.25, 0.3) is 0 Å². The van der Waals surface area contributed by atoms with Gasteiger partial charge in [0.1, 0.15) is 5.70 Å². The molecule has 2 aliphatic heterocycles. The van der Waals surface area contributed by atoms with Crippen LogP contribution >= 0.6 is 12.2 Å². The monoisotopic (exact) mass is 211 g/mol. The first-order chi connectivity index (χ1) is 6.68. The molecule has 1 amide bonds. The molecule has 0 bridgehead atoms. The molecule has 76 valence electrons. The Balaban J connectivity index is 2.11. The molecule has 0 radical (unpaired) electrons. The van der Waals surface area contributed by atoms with Gasteiger partial charge in [0.05, 0.1) is 0 Å². The lowest BCUT2D eigenvalue weighted by Crippen LogP contribution is -2.25. The van der Waals surface area contributed by atoms with Crippen LogP contribution in [0.3, 0.4) is 0 Å². The largest absolute Gasteiger partial charge is 0.376 e. The highest BCUT2D eigenvalue weighted by atomic mass is 32.1. The fourth-order valence-electron chi connectivity index (χ4n) is 1.67. The van der Waals surface area contributed by atoms with E-state index in [1.807, 2.05) is 6.20 Å². The Bertz CT molecular complexity index is 307. The third-order valence-electron chi connectivity index (χ3n) is 2.53. The number of hydrogen-bond acceptors (Lipinski definition) is 3. The van der Waals surface area contributed by atoms with Gasteiger partial charge in [0.25, 0.3) is 5.91 Å². The van der Waals surface area contributed by atoms with Gasteiger partial charge in [0.2, 0.25) is 0 Å². The van der Waals surface area contributed by atoms with Crippen molar-refractivity contribution in [1.29, 1.82) is 0 Å². The van der Waals surface area contributed by atoms with E-state index in [1.165, 1.54) is 17.7 Å². The highest BCUT2D eigenvalue weighted by Crippen LogP contribution is 2.12. The minimum absolute atomic E-state index is 0.0399. The first-order valence-corrected chi connectivity index (χ1v) is 5.14. The van der Waals surface area contributed by atoms with Gasteiger partial charge in [-0.05, 0) is 25.1 Å². The van der Waals surface area contributed by atoms with Crippen LogP contribution in [0.2, 0.25) is 0 Å². The molecule has 0 aromatic carbocycles. The van der Waals surface area contributed by atoms with E-state index < -0.39 is 0 Å². The number of nitrogens with one attached hydrogen (secondary N) is 1. The number of hydrogen-bond donors (Lipinski definition) is 1. The average molecular weight is 211 g/mol. The minimum Gasteiger partial charge on any atom is -0.376 e. The molecule has 0 atom stereocenters. The Morgan fingerprint density at radius 1 is 1.43 bits per heavy atom. The molecule has 1 N–H and O–H groups in total. The van der Waals surface area contributed by atoms with Crippen molar-refractivity contribution in [3.05, 3.63) is 11.9 Å². The van der Waals surface area contributed by atoms with E-state index >= 15 is 0 Å². The van der Waals surface area contributed by atoms with Gasteiger partial charge in [-0.15, -0.1) is 0 Å². The molecule has 2 fully saturated rings. The Morgan fingerprint density at radius 3 is 2.57 bits per heavy atom. The number of nitrogens with zero attached hydrogens (tertiary/aromatic N) is 2. The number of carbonyl (C=O) groups is 1. The summed E-state index contributed by atoms with van der Waals surface area (Å²) in [7, 11) is 1.68. The maximum Gasteiger partial charge on any atom is 0.277 e. The summed E-state index contributed by atoms with van der Waals surface area (Å²) in [5, 5.41) is 3.39. The second-order valence-corrected chi connectivity index (χ2v) is 3.97. The summed E-state index contributed by atoms with van der Waals surface area (Å²) in [4.78, 5) is 15.2. The molecule has 14 heavy (non-hydrogen) atoms. The van der Waals surface area contributed by atoms with E-state index in [0.29, 0.717) is 10.8 Å². The predicted molar refractivity (Wildman–Crippen MR) is 57.4 cm³/mol. The fourth-order valence-corrected chi connectivity index (χ4v) is 1.86. The molecule has 2 aliphatic rings. The topological polar surface area (TPSA) is 35.6 Å². The van der Waals surface area contributed by atoms with Crippen LogP contribution in [0.15, 0.2) is 11.9 Å². The van der Waals surface area contributed by atoms with E-state index in [0.717, 1.165) is 13.1 Å². The van der Waals surface area contributed by atoms with E-state index in [9.17, 15) is 4.79 Å². The molecule has 4 nitrogen and oxygen atoms in total. The van der Waals surface area contributed by atoms with Crippen molar-refractivity contribution in [2.45, 2.75) is 12.8 Å². The smallest absolute Gasteiger partial charge is 0.277 e. The van der Waals surface area contributed by atoms with Crippen molar-refractivity contribution in [3.63, 3.8) is 0 Å². The maximum atomic E-state index is 11.6. The van der Waals surface area contributed by atoms with E-state index in [1.54, 1.807) is 7.05 Å². The number of likely N-dealkylation sites (N-methyl/N-ethyl adjacent to an activating group) is 1. The molecule has 0 spiro atoms. The first-order valence-electron chi connectivity index (χ1n) is 4.73. The lowest BCUT2D eigenvalue weighted by atomic mass is 10.4. The lowest BCUT2D eigenvalue weighted by molar-refractivity contribution is -0.121. The van der Waals surface area contributed by atoms with E-state index in [4.69, 9.17) is 12.2 Å². The van der Waals surface area contributed by atoms with Crippen LogP contribution < -0.4 is 5.32 Å². The van der Waals surface area contributed by atoms with Crippen LogP contribution in [0, 0.1) is 0 Å². The molecule has 0 unspecified atom stereocenters. The third-order valence-corrected chi connectivity index (χ3v) is 2.91. The highest BCUT2D eigenvalue weighted by molar-refractivity contribution is 7.80. The molecule has 0 aliphatic carbocycles. The Hall–Kier alpha value is -1.10. The van der Waals surface area contributed by atoms with Gasteiger partial charge in [0.15, 0.2) is 5.11 Å². The number of amides is 1. The van der Waals surface area contributed by atoms with Crippen molar-refractivity contribution in [2.24, 2.45) is 0 Å². The van der Waals surface area contributed by atoms with Gasteiger partial charge in [-0.25, -0.2) is 0 Å². The van der Waals surface area contributed by atoms with Crippen molar-refractivity contribution >= 4 is 23.2 Å². The Kier molecular flexibility index (Phi) is 2.41. The molecule has 0 aromatic heterocycles. The van der Waals surface area contributed by atoms with Crippen LogP contribution in [-0.2, 0) is 4.79 Å². The van der Waals surface area contributed by atoms with E-state index in [2.05, 4.69) is 10.2 Å². The summed E-state index contributed by atoms with van der Waals surface area (Å²) in [6.45, 7) is 2.07. The lowest BCUT2D eigenvalue weighted by Gasteiger charge is -2.11. The standard InChI is InChI=1S/C9H13N3OS/c1-11-8(13)7(10-9(11)14)6-12-4-2-3-5-12/h6H,2-5H2,1H3,(H,10,14)/b7-6-. The van der Waals surface area contributed by atoms with Gasteiger partial charge in [-0.1, -0.05) is 0 Å². The zero-order valence-corrected chi connectivity index (χ0v) is 8.93. The predicted octanol–water partition coefficient (Wildman–Crippen LogP) is 0.270. The second kappa shape index (κ2) is 3.57. The molecular formula is C9H13N3OS. The third kappa shape index (κ3) is 1.59. The summed E-state index contributed by atoms with van der Waals surface area (Å²) in [5.74, 6) is -0.0399. The highest BCUT2D eigenvalue weighted by Gasteiger charge is 2.27. The van der Waals surface area contributed by atoms with E-state index in [-0.39, 0.29) is 5.91 Å². The second-order valence-electron chi connectivity index (χ2n) is 3.58. The van der Waals surface area contributed by atoms with Gasteiger partial charge in [0, 0.05) is 26.3 Å². The van der Waals surface area contributed by atoms with Crippen LogP contribution in [0.1, 0.15) is 12.8 Å². The van der Waals surface area contributed by atoms with Gasteiger partial charge < -0.3 is 10.2 Å². The van der Waals surface area contributed by atoms with Gasteiger partial charge in [-0.3, -0.25) is 9.69 Å². The number of carbonyl (C=O) groups excluding carboxylic acids is 1. The summed E-state index contributed by atoms with van der Waals surface area (Å²) in [5.41, 5.74) is 0.597. The van der Waals surface area contributed by atoms with Crippen molar-refractivity contribution < 1.29 is 4.79 Å². The fraction of sp³-hybridized carbons (Fsp3) is 0.556. The van der Waals surface area contributed by atoms with Gasteiger partial charge in [-0.2, -0.15) is 0 Å². The molecule has 2 heterocycles. The minimum atomic E-state index is -0.0399. The van der Waals surface area contributed by atoms with Crippen LogP contribution in [-0.4, -0.2) is 41.0 Å². The van der Waals surface area contributed by atoms with Crippen molar-refractivity contribution in [3.8, 4) is 0 Å². The Labute approximate surface area is 88.5 Å². The molecule has 5 heteroatoms. The summed E-state index contributed by atoms with van der Waals surface area (Å²) in [6.07, 6.45) is 4.29. The van der Waals surface area contributed by atoms with Crippen molar-refractivity contribution in [1.82, 2.24) is 15.1 Å². The molecular weight excluding hydrogens is 198 g/mol. The molecule has 2 saturated heterocycles. The zero-order valence-electron chi connectivity index (χ0n) is 8.12. The normalized spacial score (nSPS) is 25.1. The van der Waals surface area contributed by atoms with Crippen LogP contribution in [0.5, 0.6) is 0 Å². The number of rotatable bonds is 1. The molecule has 0 saturated carbocycles. The average Bonchev–Trinajstić information content (AvgIpc) is 2.73. The van der Waals surface area contributed by atoms with Gasteiger partial charge >= 0.3 is 0 Å². The summed E-state index contributed by atoms with van der Waals surface area (Å²) < 4.78 is 0. The molecule has 0 aromatic rings. The molecule has 2 rings (SSSR count). The maximum absolute atomic E-state index is 11.6. The SMILES string of the molecule is CN1C(=O)/C(=C/N2CCCC2)NC1=S. The van der Waals surface area contributed by atoms with Crippen LogP contribution in [0.4, 0.5) is 0 Å². The zero-order chi connectivity index (χ0) is 10.1.